The summed E-state index contributed by atoms with van der Waals surface area (Å²) in [6.07, 6.45) is 1.26. The van der Waals surface area contributed by atoms with Gasteiger partial charge in [0.2, 0.25) is 5.91 Å². The molecule has 2 rings (SSSR count). The summed E-state index contributed by atoms with van der Waals surface area (Å²) in [6.45, 7) is 1.92. The van der Waals surface area contributed by atoms with Gasteiger partial charge in [-0.05, 0) is 55.0 Å². The summed E-state index contributed by atoms with van der Waals surface area (Å²) >= 11 is 7.58. The molecule has 0 saturated heterocycles. The van der Waals surface area contributed by atoms with E-state index in [0.717, 1.165) is 33.3 Å². The van der Waals surface area contributed by atoms with Crippen LogP contribution in [0, 0.1) is 6.92 Å². The van der Waals surface area contributed by atoms with Crippen LogP contribution in [0.25, 0.3) is 0 Å². The minimum atomic E-state index is -0.00738. The molecule has 4 nitrogen and oxygen atoms in total. The van der Waals surface area contributed by atoms with Gasteiger partial charge in [0, 0.05) is 28.1 Å². The van der Waals surface area contributed by atoms with Crippen LogP contribution >= 0.6 is 23.4 Å². The number of hydrogen-bond acceptors (Lipinski definition) is 4. The van der Waals surface area contributed by atoms with Gasteiger partial charge in [-0.1, -0.05) is 11.6 Å². The summed E-state index contributed by atoms with van der Waals surface area (Å²) in [7, 11) is 3.17. The minimum absolute atomic E-state index is 0.00738. The Bertz CT molecular complexity index is 719. The Kier molecular flexibility index (Phi) is 7.47. The maximum absolute atomic E-state index is 12.2. The van der Waals surface area contributed by atoms with Gasteiger partial charge in [-0.3, -0.25) is 4.79 Å². The first-order valence-corrected chi connectivity index (χ1v) is 9.30. The Labute approximate surface area is 157 Å². The summed E-state index contributed by atoms with van der Waals surface area (Å²) < 4.78 is 10.5. The molecule has 0 unspecified atom stereocenters. The number of halogens is 1. The standard InChI is InChI=1S/C19H22ClNO3S/c1-13-11-17(23-2)18(24-3)12-16(13)21-19(22)5-4-10-25-15-8-6-14(20)7-9-15/h6-9,11-12H,4-5,10H2,1-3H3,(H,21,22). The third-order valence-electron chi connectivity index (χ3n) is 3.64. The zero-order chi connectivity index (χ0) is 18.2. The maximum atomic E-state index is 12.2. The van der Waals surface area contributed by atoms with Gasteiger partial charge in [-0.2, -0.15) is 0 Å². The van der Waals surface area contributed by atoms with Gasteiger partial charge < -0.3 is 14.8 Å². The Balaban J connectivity index is 1.83. The van der Waals surface area contributed by atoms with Gasteiger partial charge in [-0.25, -0.2) is 0 Å². The van der Waals surface area contributed by atoms with Gasteiger partial charge in [0.25, 0.3) is 0 Å². The number of methoxy groups -OCH3 is 2. The molecule has 0 heterocycles. The molecule has 2 aromatic carbocycles. The van der Waals surface area contributed by atoms with E-state index in [0.29, 0.717) is 17.9 Å². The summed E-state index contributed by atoms with van der Waals surface area (Å²) in [5.74, 6) is 2.12. The van der Waals surface area contributed by atoms with Gasteiger partial charge >= 0.3 is 0 Å². The van der Waals surface area contributed by atoms with Crippen LogP contribution < -0.4 is 14.8 Å². The molecule has 0 atom stereocenters. The molecule has 134 valence electrons. The van der Waals surface area contributed by atoms with Crippen molar-refractivity contribution in [3.8, 4) is 11.5 Å². The van der Waals surface area contributed by atoms with Gasteiger partial charge in [-0.15, -0.1) is 11.8 Å². The predicted octanol–water partition coefficient (Wildman–Crippen LogP) is 5.18. The van der Waals surface area contributed by atoms with Crippen molar-refractivity contribution in [1.82, 2.24) is 0 Å². The lowest BCUT2D eigenvalue weighted by atomic mass is 10.1. The van der Waals surface area contributed by atoms with Crippen LogP contribution in [0.2, 0.25) is 5.02 Å². The number of rotatable bonds is 8. The van der Waals surface area contributed by atoms with Crippen LogP contribution in [0.4, 0.5) is 5.69 Å². The molecule has 1 amide bonds. The second-order valence-electron chi connectivity index (χ2n) is 5.48. The smallest absolute Gasteiger partial charge is 0.224 e. The zero-order valence-corrected chi connectivity index (χ0v) is 16.2. The summed E-state index contributed by atoms with van der Waals surface area (Å²) in [6, 6.07) is 11.4. The largest absolute Gasteiger partial charge is 0.493 e. The van der Waals surface area contributed by atoms with Crippen LogP contribution in [0.3, 0.4) is 0 Å². The van der Waals surface area contributed by atoms with Crippen molar-refractivity contribution < 1.29 is 14.3 Å². The monoisotopic (exact) mass is 379 g/mol. The second kappa shape index (κ2) is 9.59. The van der Waals surface area contributed by atoms with Crippen molar-refractivity contribution in [1.29, 1.82) is 0 Å². The first-order valence-electron chi connectivity index (χ1n) is 7.94. The van der Waals surface area contributed by atoms with E-state index in [1.54, 1.807) is 32.0 Å². The molecule has 0 aliphatic carbocycles. The highest BCUT2D eigenvalue weighted by atomic mass is 35.5. The van der Waals surface area contributed by atoms with Crippen molar-refractivity contribution in [2.75, 3.05) is 25.3 Å². The Hall–Kier alpha value is -1.85. The summed E-state index contributed by atoms with van der Waals surface area (Å²) in [4.78, 5) is 13.3. The molecule has 0 aliphatic heterocycles. The van der Waals surface area contributed by atoms with Crippen molar-refractivity contribution >= 4 is 35.0 Å². The van der Waals surface area contributed by atoms with E-state index in [4.69, 9.17) is 21.1 Å². The van der Waals surface area contributed by atoms with E-state index >= 15 is 0 Å². The number of anilines is 1. The lowest BCUT2D eigenvalue weighted by Crippen LogP contribution is -2.12. The number of carbonyl (C=O) groups excluding carboxylic acids is 1. The van der Waals surface area contributed by atoms with E-state index in [1.165, 1.54) is 0 Å². The molecular formula is C19H22ClNO3S. The number of nitrogens with one attached hydrogen (secondary N) is 1. The highest BCUT2D eigenvalue weighted by Gasteiger charge is 2.11. The SMILES string of the molecule is COc1cc(C)c(NC(=O)CCCSc2ccc(Cl)cc2)cc1OC. The fourth-order valence-corrected chi connectivity index (χ4v) is 3.26. The fraction of sp³-hybridized carbons (Fsp3) is 0.316. The molecule has 2 aromatic rings. The molecular weight excluding hydrogens is 358 g/mol. The topological polar surface area (TPSA) is 47.6 Å². The van der Waals surface area contributed by atoms with E-state index in [9.17, 15) is 4.79 Å². The number of benzene rings is 2. The average molecular weight is 380 g/mol. The van der Waals surface area contributed by atoms with Crippen LogP contribution in [-0.2, 0) is 4.79 Å². The first-order chi connectivity index (χ1) is 12.0. The average Bonchev–Trinajstić information content (AvgIpc) is 2.61. The molecule has 25 heavy (non-hydrogen) atoms. The summed E-state index contributed by atoms with van der Waals surface area (Å²) in [5, 5.41) is 3.67. The first kappa shape index (κ1) is 19.5. The van der Waals surface area contributed by atoms with Gasteiger partial charge in [0.05, 0.1) is 14.2 Å². The normalized spacial score (nSPS) is 10.4. The van der Waals surface area contributed by atoms with Crippen LogP contribution in [-0.4, -0.2) is 25.9 Å². The van der Waals surface area contributed by atoms with Crippen molar-refractivity contribution in [3.63, 3.8) is 0 Å². The van der Waals surface area contributed by atoms with E-state index in [1.807, 2.05) is 37.3 Å². The molecule has 1 N–H and O–H groups in total. The quantitative estimate of drug-likeness (QED) is 0.507. The van der Waals surface area contributed by atoms with Gasteiger partial charge in [0.15, 0.2) is 11.5 Å². The Morgan fingerprint density at radius 2 is 1.76 bits per heavy atom. The van der Waals surface area contributed by atoms with Crippen LogP contribution in [0.1, 0.15) is 18.4 Å². The Morgan fingerprint density at radius 3 is 2.40 bits per heavy atom. The number of hydrogen-bond donors (Lipinski definition) is 1. The third kappa shape index (κ3) is 5.87. The van der Waals surface area contributed by atoms with Crippen LogP contribution in [0.15, 0.2) is 41.3 Å². The molecule has 0 spiro atoms. The molecule has 0 bridgehead atoms. The molecule has 0 radical (unpaired) electrons. The van der Waals surface area contributed by atoms with E-state index in [-0.39, 0.29) is 5.91 Å². The van der Waals surface area contributed by atoms with E-state index in [2.05, 4.69) is 5.32 Å². The minimum Gasteiger partial charge on any atom is -0.493 e. The van der Waals surface area contributed by atoms with Crippen LogP contribution in [0.5, 0.6) is 11.5 Å². The van der Waals surface area contributed by atoms with E-state index < -0.39 is 0 Å². The lowest BCUT2D eigenvalue weighted by molar-refractivity contribution is -0.116. The zero-order valence-electron chi connectivity index (χ0n) is 14.6. The molecule has 0 aliphatic rings. The third-order valence-corrected chi connectivity index (χ3v) is 4.99. The highest BCUT2D eigenvalue weighted by Crippen LogP contribution is 2.33. The van der Waals surface area contributed by atoms with Crippen molar-refractivity contribution in [2.45, 2.75) is 24.7 Å². The number of amides is 1. The number of ether oxygens (including phenoxy) is 2. The number of thioether (sulfide) groups is 1. The maximum Gasteiger partial charge on any atom is 0.224 e. The second-order valence-corrected chi connectivity index (χ2v) is 7.08. The number of carbonyl (C=O) groups is 1. The molecule has 0 aromatic heterocycles. The summed E-state index contributed by atoms with van der Waals surface area (Å²) in [5.41, 5.74) is 1.68. The Morgan fingerprint density at radius 1 is 1.12 bits per heavy atom. The van der Waals surface area contributed by atoms with Gasteiger partial charge in [0.1, 0.15) is 0 Å². The van der Waals surface area contributed by atoms with Crippen molar-refractivity contribution in [3.05, 3.63) is 47.0 Å². The van der Waals surface area contributed by atoms with Crippen molar-refractivity contribution in [2.24, 2.45) is 0 Å². The predicted molar refractivity (Wildman–Crippen MR) is 104 cm³/mol. The molecule has 0 fully saturated rings. The highest BCUT2D eigenvalue weighted by molar-refractivity contribution is 7.99. The molecule has 6 heteroatoms. The number of aryl methyl sites for hydroxylation is 1. The molecule has 0 saturated carbocycles. The lowest BCUT2D eigenvalue weighted by Gasteiger charge is -2.13. The fourth-order valence-electron chi connectivity index (χ4n) is 2.28.